The van der Waals surface area contributed by atoms with Gasteiger partial charge in [0.15, 0.2) is 0 Å². The number of nitrogens with zero attached hydrogens (tertiary/aromatic N) is 1. The number of hydrogen-bond acceptors (Lipinski definition) is 5. The third-order valence-corrected chi connectivity index (χ3v) is 7.89. The Morgan fingerprint density at radius 1 is 1.18 bits per heavy atom. The summed E-state index contributed by atoms with van der Waals surface area (Å²) in [5.74, 6) is -1.55. The Bertz CT molecular complexity index is 951. The number of aryl methyl sites for hydroxylation is 2. The number of carbonyl (C=O) groups is 2. The molecule has 1 atom stereocenters. The van der Waals surface area contributed by atoms with Gasteiger partial charge < -0.3 is 10.6 Å². The van der Waals surface area contributed by atoms with Gasteiger partial charge in [-0.25, -0.2) is 8.42 Å². The first-order valence-corrected chi connectivity index (χ1v) is 11.3. The number of sulfonamides is 1. The minimum absolute atomic E-state index is 0.101. The number of thiophene rings is 1. The first-order chi connectivity index (χ1) is 13.3. The maximum Gasteiger partial charge on any atom is 0.313 e. The number of rotatable bonds is 5. The van der Waals surface area contributed by atoms with Gasteiger partial charge in [0.1, 0.15) is 4.21 Å². The number of carbonyl (C=O) groups excluding carboxylic acids is 2. The Kier molecular flexibility index (Phi) is 6.17. The van der Waals surface area contributed by atoms with Crippen LogP contribution < -0.4 is 10.6 Å². The van der Waals surface area contributed by atoms with Gasteiger partial charge >= 0.3 is 11.8 Å². The second-order valence-corrected chi connectivity index (χ2v) is 9.95. The van der Waals surface area contributed by atoms with Crippen molar-refractivity contribution in [3.05, 3.63) is 46.8 Å². The van der Waals surface area contributed by atoms with Gasteiger partial charge in [-0.1, -0.05) is 12.1 Å². The van der Waals surface area contributed by atoms with Crippen molar-refractivity contribution in [2.75, 3.05) is 18.4 Å². The minimum atomic E-state index is -3.57. The second-order valence-electron chi connectivity index (χ2n) is 6.88. The molecule has 3 rings (SSSR count). The quantitative estimate of drug-likeness (QED) is 0.724. The lowest BCUT2D eigenvalue weighted by Gasteiger charge is -2.23. The van der Waals surface area contributed by atoms with Crippen molar-refractivity contribution in [2.24, 2.45) is 0 Å². The van der Waals surface area contributed by atoms with E-state index in [2.05, 4.69) is 10.6 Å². The molecule has 7 nitrogen and oxygen atoms in total. The fourth-order valence-corrected chi connectivity index (χ4v) is 6.19. The van der Waals surface area contributed by atoms with Crippen molar-refractivity contribution in [2.45, 2.75) is 36.9 Å². The molecule has 150 valence electrons. The Morgan fingerprint density at radius 3 is 2.54 bits per heavy atom. The molecule has 0 aliphatic carbocycles. The summed E-state index contributed by atoms with van der Waals surface area (Å²) in [6, 6.07) is 8.45. The molecule has 2 aromatic rings. The first-order valence-electron chi connectivity index (χ1n) is 9.00. The molecule has 2 N–H and O–H groups in total. The van der Waals surface area contributed by atoms with Crippen LogP contribution in [0.1, 0.15) is 24.0 Å². The molecule has 1 fully saturated rings. The van der Waals surface area contributed by atoms with E-state index in [-0.39, 0.29) is 12.6 Å². The number of hydrogen-bond donors (Lipinski definition) is 2. The molecular formula is C19H23N3O4S2. The number of amides is 2. The average Bonchev–Trinajstić information content (AvgIpc) is 3.30. The van der Waals surface area contributed by atoms with Crippen LogP contribution in [0.25, 0.3) is 0 Å². The molecule has 9 heteroatoms. The zero-order valence-electron chi connectivity index (χ0n) is 15.8. The predicted octanol–water partition coefficient (Wildman–Crippen LogP) is 2.27. The molecule has 1 aliphatic rings. The topological polar surface area (TPSA) is 95.6 Å². The average molecular weight is 422 g/mol. The van der Waals surface area contributed by atoms with Crippen molar-refractivity contribution in [3.8, 4) is 0 Å². The van der Waals surface area contributed by atoms with E-state index in [9.17, 15) is 18.0 Å². The smallest absolute Gasteiger partial charge is 0.313 e. The fourth-order valence-electron chi connectivity index (χ4n) is 3.38. The van der Waals surface area contributed by atoms with Crippen LogP contribution in [0, 0.1) is 13.8 Å². The zero-order chi connectivity index (χ0) is 20.3. The van der Waals surface area contributed by atoms with Gasteiger partial charge in [0.05, 0.1) is 0 Å². The minimum Gasteiger partial charge on any atom is -0.346 e. The van der Waals surface area contributed by atoms with E-state index in [0.717, 1.165) is 17.5 Å². The lowest BCUT2D eigenvalue weighted by atomic mass is 10.1. The van der Waals surface area contributed by atoms with Gasteiger partial charge in [-0.15, -0.1) is 11.3 Å². The molecule has 28 heavy (non-hydrogen) atoms. The zero-order valence-corrected chi connectivity index (χ0v) is 17.4. The van der Waals surface area contributed by atoms with E-state index in [1.54, 1.807) is 29.6 Å². The molecule has 1 saturated heterocycles. The van der Waals surface area contributed by atoms with Crippen LogP contribution in [-0.4, -0.2) is 43.7 Å². The highest BCUT2D eigenvalue weighted by molar-refractivity contribution is 7.91. The Labute approximate surface area is 168 Å². The summed E-state index contributed by atoms with van der Waals surface area (Å²) < 4.78 is 27.2. The largest absolute Gasteiger partial charge is 0.346 e. The molecule has 1 aromatic heterocycles. The molecule has 0 saturated carbocycles. The van der Waals surface area contributed by atoms with Gasteiger partial charge in [0, 0.05) is 24.8 Å². The van der Waals surface area contributed by atoms with Crippen LogP contribution in [0.4, 0.5) is 5.69 Å². The molecule has 1 aliphatic heterocycles. The van der Waals surface area contributed by atoms with Crippen LogP contribution in [-0.2, 0) is 19.6 Å². The Balaban J connectivity index is 1.59. The molecule has 2 heterocycles. The summed E-state index contributed by atoms with van der Waals surface area (Å²) in [6.45, 7) is 4.33. The van der Waals surface area contributed by atoms with Gasteiger partial charge in [-0.2, -0.15) is 4.31 Å². The molecule has 0 unspecified atom stereocenters. The third kappa shape index (κ3) is 4.60. The van der Waals surface area contributed by atoms with Crippen molar-refractivity contribution in [3.63, 3.8) is 0 Å². The summed E-state index contributed by atoms with van der Waals surface area (Å²) >= 11 is 1.17. The SMILES string of the molecule is Cc1cc(C)cc(NC(=O)C(=O)NC[C@H]2CCCN2S(=O)(=O)c2cccs2)c1. The number of nitrogens with one attached hydrogen (secondary N) is 2. The predicted molar refractivity (Wildman–Crippen MR) is 109 cm³/mol. The van der Waals surface area contributed by atoms with Gasteiger partial charge in [0.2, 0.25) is 0 Å². The van der Waals surface area contributed by atoms with E-state index in [1.807, 2.05) is 19.9 Å². The Hall–Kier alpha value is -2.23. The summed E-state index contributed by atoms with van der Waals surface area (Å²) in [5.41, 5.74) is 2.52. The highest BCUT2D eigenvalue weighted by Gasteiger charge is 2.36. The van der Waals surface area contributed by atoms with E-state index in [1.165, 1.54) is 15.6 Å². The lowest BCUT2D eigenvalue weighted by molar-refractivity contribution is -0.136. The van der Waals surface area contributed by atoms with Crippen molar-refractivity contribution < 1.29 is 18.0 Å². The van der Waals surface area contributed by atoms with E-state index in [4.69, 9.17) is 0 Å². The summed E-state index contributed by atoms with van der Waals surface area (Å²) in [6.07, 6.45) is 1.36. The van der Waals surface area contributed by atoms with Crippen molar-refractivity contribution >= 4 is 38.9 Å². The molecule has 1 aromatic carbocycles. The second kappa shape index (κ2) is 8.42. The van der Waals surface area contributed by atoms with Gasteiger partial charge in [0.25, 0.3) is 10.0 Å². The van der Waals surface area contributed by atoms with E-state index in [0.29, 0.717) is 22.9 Å². The Morgan fingerprint density at radius 2 is 1.89 bits per heavy atom. The molecule has 0 spiro atoms. The molecular weight excluding hydrogens is 398 g/mol. The third-order valence-electron chi connectivity index (χ3n) is 4.57. The maximum absolute atomic E-state index is 12.7. The highest BCUT2D eigenvalue weighted by Crippen LogP contribution is 2.28. The summed E-state index contributed by atoms with van der Waals surface area (Å²) in [5, 5.41) is 6.87. The lowest BCUT2D eigenvalue weighted by Crippen LogP contribution is -2.45. The molecule has 2 amide bonds. The van der Waals surface area contributed by atoms with Crippen LogP contribution in [0.5, 0.6) is 0 Å². The van der Waals surface area contributed by atoms with Crippen molar-refractivity contribution in [1.82, 2.24) is 9.62 Å². The standard InChI is InChI=1S/C19H23N3O4S2/c1-13-9-14(2)11-15(10-13)21-19(24)18(23)20-12-16-5-3-7-22(16)28(25,26)17-6-4-8-27-17/h4,6,8-11,16H,3,5,7,12H2,1-2H3,(H,20,23)(H,21,24)/t16-/m1/s1. The van der Waals surface area contributed by atoms with Crippen LogP contribution >= 0.6 is 11.3 Å². The van der Waals surface area contributed by atoms with Crippen LogP contribution in [0.15, 0.2) is 39.9 Å². The van der Waals surface area contributed by atoms with Gasteiger partial charge in [-0.3, -0.25) is 9.59 Å². The van der Waals surface area contributed by atoms with Crippen molar-refractivity contribution in [1.29, 1.82) is 0 Å². The molecule has 0 radical (unpaired) electrons. The van der Waals surface area contributed by atoms with E-state index >= 15 is 0 Å². The van der Waals surface area contributed by atoms with Gasteiger partial charge in [-0.05, 0) is 61.4 Å². The summed E-state index contributed by atoms with van der Waals surface area (Å²) in [7, 11) is -3.57. The van der Waals surface area contributed by atoms with Crippen LogP contribution in [0.3, 0.4) is 0 Å². The normalized spacial score (nSPS) is 17.4. The fraction of sp³-hybridized carbons (Fsp3) is 0.368. The summed E-state index contributed by atoms with van der Waals surface area (Å²) in [4.78, 5) is 24.3. The first kappa shape index (κ1) is 20.5. The van der Waals surface area contributed by atoms with E-state index < -0.39 is 21.8 Å². The number of benzene rings is 1. The van der Waals surface area contributed by atoms with Crippen LogP contribution in [0.2, 0.25) is 0 Å². The number of anilines is 1. The molecule has 0 bridgehead atoms. The maximum atomic E-state index is 12.7. The monoisotopic (exact) mass is 421 g/mol. The highest BCUT2D eigenvalue weighted by atomic mass is 32.2.